The lowest BCUT2D eigenvalue weighted by Crippen LogP contribution is -2.27. The third kappa shape index (κ3) is 4.35. The summed E-state index contributed by atoms with van der Waals surface area (Å²) < 4.78 is 11.7. The Kier molecular flexibility index (Phi) is 6.02. The Morgan fingerprint density at radius 3 is 2.82 bits per heavy atom. The smallest absolute Gasteiger partial charge is 0.252 e. The largest absolute Gasteiger partial charge is 0.490 e. The maximum absolute atomic E-state index is 11.8. The number of nitrogens with one attached hydrogen (secondary N) is 1. The number of carbonyl (C=O) groups excluding carboxylic acids is 2. The molecule has 1 fully saturated rings. The molecule has 3 rings (SSSR count). The summed E-state index contributed by atoms with van der Waals surface area (Å²) in [6, 6.07) is 5.39. The minimum absolute atomic E-state index is 0.101. The molecule has 0 radical (unpaired) electrons. The van der Waals surface area contributed by atoms with Gasteiger partial charge in [-0.15, -0.1) is 0 Å². The Bertz CT molecular complexity index is 881. The summed E-state index contributed by atoms with van der Waals surface area (Å²) >= 11 is 0. The Morgan fingerprint density at radius 2 is 2.18 bits per heavy atom. The molecule has 2 amide bonds. The summed E-state index contributed by atoms with van der Waals surface area (Å²) in [7, 11) is 0. The zero-order chi connectivity index (χ0) is 20.3. The fourth-order valence-electron chi connectivity index (χ4n) is 3.50. The average molecular weight is 385 g/mol. The molecule has 1 aliphatic rings. The molecule has 28 heavy (non-hydrogen) atoms. The third-order valence-corrected chi connectivity index (χ3v) is 4.94. The van der Waals surface area contributed by atoms with Gasteiger partial charge in [-0.3, -0.25) is 9.59 Å². The van der Waals surface area contributed by atoms with Crippen LogP contribution in [0.5, 0.6) is 11.6 Å². The van der Waals surface area contributed by atoms with Crippen molar-refractivity contribution in [2.45, 2.75) is 52.2 Å². The molecule has 0 aliphatic carbocycles. The quantitative estimate of drug-likeness (QED) is 0.727. The highest BCUT2D eigenvalue weighted by molar-refractivity contribution is 6.01. The van der Waals surface area contributed by atoms with Crippen LogP contribution in [0.25, 0.3) is 10.8 Å². The van der Waals surface area contributed by atoms with Crippen LogP contribution in [-0.2, 0) is 4.79 Å². The molecule has 2 aromatic rings. The van der Waals surface area contributed by atoms with Gasteiger partial charge in [-0.2, -0.15) is 0 Å². The van der Waals surface area contributed by atoms with Gasteiger partial charge in [0.2, 0.25) is 11.8 Å². The molecule has 0 spiro atoms. The van der Waals surface area contributed by atoms with Gasteiger partial charge in [-0.25, -0.2) is 4.98 Å². The number of nitrogens with two attached hydrogens (primary N) is 1. The summed E-state index contributed by atoms with van der Waals surface area (Å²) in [5.41, 5.74) is 5.83. The highest BCUT2D eigenvalue weighted by atomic mass is 16.5. The third-order valence-electron chi connectivity index (χ3n) is 4.94. The second-order valence-electron chi connectivity index (χ2n) is 7.40. The van der Waals surface area contributed by atoms with Crippen LogP contribution < -0.4 is 20.5 Å². The second-order valence-corrected chi connectivity index (χ2v) is 7.40. The lowest BCUT2D eigenvalue weighted by molar-refractivity contribution is -0.122. The van der Waals surface area contributed by atoms with Crippen LogP contribution in [0.2, 0.25) is 0 Å². The van der Waals surface area contributed by atoms with E-state index in [0.717, 1.165) is 30.0 Å². The summed E-state index contributed by atoms with van der Waals surface area (Å²) in [6.45, 7) is 6.23. The topological polar surface area (TPSA) is 104 Å². The number of amides is 2. The molecule has 150 valence electrons. The van der Waals surface area contributed by atoms with E-state index in [-0.39, 0.29) is 24.0 Å². The van der Waals surface area contributed by atoms with Crippen molar-refractivity contribution in [1.82, 2.24) is 10.3 Å². The first kappa shape index (κ1) is 19.9. The van der Waals surface area contributed by atoms with Gasteiger partial charge in [0, 0.05) is 30.0 Å². The number of hydrogen-bond donors (Lipinski definition) is 2. The van der Waals surface area contributed by atoms with E-state index in [1.54, 1.807) is 24.4 Å². The predicted molar refractivity (Wildman–Crippen MR) is 106 cm³/mol. The summed E-state index contributed by atoms with van der Waals surface area (Å²) in [6.07, 6.45) is 3.95. The highest BCUT2D eigenvalue weighted by Crippen LogP contribution is 2.31. The first-order valence-electron chi connectivity index (χ1n) is 9.71. The highest BCUT2D eigenvalue weighted by Gasteiger charge is 2.30. The van der Waals surface area contributed by atoms with Crippen molar-refractivity contribution in [3.05, 3.63) is 30.0 Å². The first-order valence-corrected chi connectivity index (χ1v) is 9.71. The summed E-state index contributed by atoms with van der Waals surface area (Å²) in [5, 5.41) is 4.57. The van der Waals surface area contributed by atoms with Gasteiger partial charge in [0.25, 0.3) is 5.91 Å². The Labute approximate surface area is 164 Å². The molecule has 2 heterocycles. The first-order chi connectivity index (χ1) is 13.4. The number of rotatable bonds is 8. The number of aromatic nitrogens is 1. The van der Waals surface area contributed by atoms with Gasteiger partial charge in [0.1, 0.15) is 5.75 Å². The van der Waals surface area contributed by atoms with Crippen molar-refractivity contribution in [2.75, 3.05) is 6.61 Å². The van der Waals surface area contributed by atoms with Gasteiger partial charge in [0.05, 0.1) is 18.3 Å². The van der Waals surface area contributed by atoms with E-state index >= 15 is 0 Å². The second kappa shape index (κ2) is 8.46. The van der Waals surface area contributed by atoms with E-state index in [9.17, 15) is 9.59 Å². The maximum Gasteiger partial charge on any atom is 0.252 e. The molecule has 0 unspecified atom stereocenters. The maximum atomic E-state index is 11.8. The molecule has 1 aliphatic heterocycles. The van der Waals surface area contributed by atoms with Crippen molar-refractivity contribution in [1.29, 1.82) is 0 Å². The van der Waals surface area contributed by atoms with Crippen LogP contribution in [-0.4, -0.2) is 35.6 Å². The number of hydrogen-bond acceptors (Lipinski definition) is 5. The zero-order valence-electron chi connectivity index (χ0n) is 16.5. The van der Waals surface area contributed by atoms with E-state index in [2.05, 4.69) is 10.3 Å². The fourth-order valence-corrected chi connectivity index (χ4v) is 3.50. The summed E-state index contributed by atoms with van der Waals surface area (Å²) in [5.74, 6) is 0.577. The molecule has 3 N–H and O–H groups in total. The number of pyridine rings is 1. The minimum Gasteiger partial charge on any atom is -0.490 e. The Morgan fingerprint density at radius 1 is 1.39 bits per heavy atom. The van der Waals surface area contributed by atoms with Gasteiger partial charge in [-0.1, -0.05) is 6.92 Å². The van der Waals surface area contributed by atoms with Gasteiger partial charge >= 0.3 is 0 Å². The standard InChI is InChI=1S/C21H27N3O4/c1-4-13-9-15(24-20(13)26)6-8-27-21-16-11-18(28-12(2)3)17(19(22)25)10-14(16)5-7-23-21/h5,7,10-13,15H,4,6,8-9H2,1-3H3,(H2,22,25)(H,24,26)/t13-,15+/m0/s1. The molecule has 1 aromatic carbocycles. The van der Waals surface area contributed by atoms with Crippen LogP contribution >= 0.6 is 0 Å². The monoisotopic (exact) mass is 385 g/mol. The van der Waals surface area contributed by atoms with Crippen LogP contribution in [0.1, 0.15) is 50.4 Å². The lowest BCUT2D eigenvalue weighted by atomic mass is 10.0. The van der Waals surface area contributed by atoms with Crippen LogP contribution in [0.15, 0.2) is 24.4 Å². The molecular weight excluding hydrogens is 358 g/mol. The molecule has 1 aromatic heterocycles. The summed E-state index contributed by atoms with van der Waals surface area (Å²) in [4.78, 5) is 27.9. The van der Waals surface area contributed by atoms with E-state index in [1.165, 1.54) is 0 Å². The number of ether oxygens (including phenoxy) is 2. The molecular formula is C21H27N3O4. The van der Waals surface area contributed by atoms with Gasteiger partial charge < -0.3 is 20.5 Å². The molecule has 1 saturated heterocycles. The molecule has 0 bridgehead atoms. The normalized spacial score (nSPS) is 19.1. The fraction of sp³-hybridized carbons (Fsp3) is 0.476. The Hall–Kier alpha value is -2.83. The number of benzene rings is 1. The predicted octanol–water partition coefficient (Wildman–Crippen LogP) is 2.80. The average Bonchev–Trinajstić information content (AvgIpc) is 3.00. The zero-order valence-corrected chi connectivity index (χ0v) is 16.5. The molecule has 0 saturated carbocycles. The lowest BCUT2D eigenvalue weighted by Gasteiger charge is -2.16. The van der Waals surface area contributed by atoms with Gasteiger partial charge in [0.15, 0.2) is 0 Å². The molecule has 7 nitrogen and oxygen atoms in total. The minimum atomic E-state index is -0.542. The van der Waals surface area contributed by atoms with Crippen LogP contribution in [0.3, 0.4) is 0 Å². The van der Waals surface area contributed by atoms with Crippen molar-refractivity contribution >= 4 is 22.6 Å². The number of primary amides is 1. The van der Waals surface area contributed by atoms with Crippen molar-refractivity contribution < 1.29 is 19.1 Å². The Balaban J connectivity index is 1.77. The van der Waals surface area contributed by atoms with Crippen LogP contribution in [0, 0.1) is 5.92 Å². The van der Waals surface area contributed by atoms with E-state index in [4.69, 9.17) is 15.2 Å². The van der Waals surface area contributed by atoms with E-state index < -0.39 is 5.91 Å². The van der Waals surface area contributed by atoms with E-state index in [1.807, 2.05) is 20.8 Å². The van der Waals surface area contributed by atoms with Crippen molar-refractivity contribution in [3.8, 4) is 11.6 Å². The molecule has 7 heteroatoms. The van der Waals surface area contributed by atoms with Crippen molar-refractivity contribution in [2.24, 2.45) is 11.7 Å². The molecule has 2 atom stereocenters. The number of carbonyl (C=O) groups is 2. The SMILES string of the molecule is CC[C@H]1C[C@@H](CCOc2nccc3cc(C(N)=O)c(OC(C)C)cc23)NC1=O. The van der Waals surface area contributed by atoms with Crippen LogP contribution in [0.4, 0.5) is 0 Å². The number of nitrogens with zero attached hydrogens (tertiary/aromatic N) is 1. The van der Waals surface area contributed by atoms with E-state index in [0.29, 0.717) is 23.8 Å². The van der Waals surface area contributed by atoms with Gasteiger partial charge in [-0.05, 0) is 50.3 Å². The van der Waals surface area contributed by atoms with Crippen molar-refractivity contribution in [3.63, 3.8) is 0 Å². The number of fused-ring (bicyclic) bond motifs is 1.